The van der Waals surface area contributed by atoms with Crippen LogP contribution in [0.15, 0.2) is 60.2 Å². The van der Waals surface area contributed by atoms with E-state index in [9.17, 15) is 10.1 Å². The Morgan fingerprint density at radius 2 is 2.00 bits per heavy atom. The Kier molecular flexibility index (Phi) is 6.61. The number of nitrogens with zero attached hydrogens (tertiary/aromatic N) is 1. The zero-order valence-corrected chi connectivity index (χ0v) is 15.1. The molecule has 2 aromatic rings. The highest BCUT2D eigenvalue weighted by Crippen LogP contribution is 2.22. The minimum Gasteiger partial charge on any atom is -0.488 e. The molecule has 1 fully saturated rings. The first-order chi connectivity index (χ1) is 13.3. The molecule has 0 saturated carbocycles. The van der Waals surface area contributed by atoms with Crippen molar-refractivity contribution in [2.24, 2.45) is 0 Å². The van der Waals surface area contributed by atoms with E-state index in [4.69, 9.17) is 9.47 Å². The largest absolute Gasteiger partial charge is 0.488 e. The molecule has 0 aromatic heterocycles. The van der Waals surface area contributed by atoms with Crippen LogP contribution in [0.2, 0.25) is 0 Å². The number of nitriles is 1. The van der Waals surface area contributed by atoms with Crippen molar-refractivity contribution < 1.29 is 14.3 Å². The molecule has 27 heavy (non-hydrogen) atoms. The van der Waals surface area contributed by atoms with Crippen LogP contribution in [0.25, 0.3) is 6.08 Å². The smallest absolute Gasteiger partial charge is 0.262 e. The van der Waals surface area contributed by atoms with Gasteiger partial charge in [0.2, 0.25) is 0 Å². The van der Waals surface area contributed by atoms with Gasteiger partial charge in [-0.1, -0.05) is 48.5 Å². The first-order valence-electron chi connectivity index (χ1n) is 9.03. The zero-order valence-electron chi connectivity index (χ0n) is 15.1. The number of rotatable bonds is 7. The van der Waals surface area contributed by atoms with Crippen LogP contribution >= 0.6 is 0 Å². The van der Waals surface area contributed by atoms with Gasteiger partial charge in [-0.25, -0.2) is 0 Å². The van der Waals surface area contributed by atoms with Crippen molar-refractivity contribution in [3.63, 3.8) is 0 Å². The molecular formula is C22H22N2O3. The first-order valence-corrected chi connectivity index (χ1v) is 9.03. The fourth-order valence-corrected chi connectivity index (χ4v) is 2.88. The third kappa shape index (κ3) is 5.44. The number of carbonyl (C=O) groups excluding carboxylic acids is 1. The molecule has 5 nitrogen and oxygen atoms in total. The van der Waals surface area contributed by atoms with Crippen LogP contribution in [0, 0.1) is 11.3 Å². The van der Waals surface area contributed by atoms with Gasteiger partial charge < -0.3 is 14.8 Å². The van der Waals surface area contributed by atoms with Crippen molar-refractivity contribution in [3.8, 4) is 11.8 Å². The molecule has 1 aliphatic rings. The molecule has 0 bridgehead atoms. The van der Waals surface area contributed by atoms with E-state index in [1.54, 1.807) is 6.08 Å². The second-order valence-electron chi connectivity index (χ2n) is 6.33. The van der Waals surface area contributed by atoms with Crippen LogP contribution in [0.5, 0.6) is 5.75 Å². The van der Waals surface area contributed by atoms with Crippen LogP contribution in [-0.4, -0.2) is 25.2 Å². The number of hydrogen-bond acceptors (Lipinski definition) is 4. The van der Waals surface area contributed by atoms with Gasteiger partial charge >= 0.3 is 0 Å². The van der Waals surface area contributed by atoms with Crippen molar-refractivity contribution in [1.29, 1.82) is 5.26 Å². The molecule has 1 aliphatic heterocycles. The van der Waals surface area contributed by atoms with Gasteiger partial charge in [-0.15, -0.1) is 0 Å². The summed E-state index contributed by atoms with van der Waals surface area (Å²) in [6.45, 7) is 1.57. The first kappa shape index (κ1) is 18.7. The number of nitrogens with one attached hydrogen (secondary N) is 1. The van der Waals surface area contributed by atoms with E-state index in [0.717, 1.165) is 25.0 Å². The van der Waals surface area contributed by atoms with Gasteiger partial charge in [-0.05, 0) is 30.5 Å². The van der Waals surface area contributed by atoms with Gasteiger partial charge in [-0.2, -0.15) is 5.26 Å². The van der Waals surface area contributed by atoms with E-state index < -0.39 is 5.91 Å². The number of para-hydroxylation sites is 1. The summed E-state index contributed by atoms with van der Waals surface area (Å²) in [5.74, 6) is 0.229. The highest BCUT2D eigenvalue weighted by Gasteiger charge is 2.18. The van der Waals surface area contributed by atoms with Gasteiger partial charge in [0.05, 0.1) is 6.10 Å². The van der Waals surface area contributed by atoms with E-state index >= 15 is 0 Å². The summed E-state index contributed by atoms with van der Waals surface area (Å²) < 4.78 is 11.4. The van der Waals surface area contributed by atoms with Gasteiger partial charge in [0.25, 0.3) is 5.91 Å². The molecule has 0 aliphatic carbocycles. The Hall–Kier alpha value is -3.10. The van der Waals surface area contributed by atoms with Crippen LogP contribution in [0.4, 0.5) is 0 Å². The van der Waals surface area contributed by atoms with Crippen molar-refractivity contribution in [1.82, 2.24) is 5.32 Å². The van der Waals surface area contributed by atoms with Gasteiger partial charge in [-0.3, -0.25) is 4.79 Å². The third-order valence-corrected chi connectivity index (χ3v) is 4.34. The van der Waals surface area contributed by atoms with Gasteiger partial charge in [0, 0.05) is 18.7 Å². The lowest BCUT2D eigenvalue weighted by molar-refractivity contribution is -0.117. The molecular weight excluding hydrogens is 340 g/mol. The maximum atomic E-state index is 12.3. The Morgan fingerprint density at radius 1 is 1.22 bits per heavy atom. The molecule has 0 unspecified atom stereocenters. The van der Waals surface area contributed by atoms with Crippen LogP contribution in [0.3, 0.4) is 0 Å². The number of ether oxygens (including phenoxy) is 2. The van der Waals surface area contributed by atoms with E-state index in [-0.39, 0.29) is 11.7 Å². The van der Waals surface area contributed by atoms with E-state index in [1.165, 1.54) is 0 Å². The Labute approximate surface area is 159 Å². The minimum absolute atomic E-state index is 0.0374. The summed E-state index contributed by atoms with van der Waals surface area (Å²) in [5, 5.41) is 12.2. The average Bonchev–Trinajstić information content (AvgIpc) is 3.24. The lowest BCUT2D eigenvalue weighted by atomic mass is 10.1. The standard InChI is InChI=1S/C22H22N2O3/c23-14-19(22(25)24-15-20-10-6-12-26-20)13-18-9-4-5-11-21(18)27-16-17-7-2-1-3-8-17/h1-5,7-9,11,13,20H,6,10,12,15-16H2,(H,24,25)/b19-13+/t20-/m0/s1. The molecule has 0 radical (unpaired) electrons. The molecule has 1 heterocycles. The van der Waals surface area contributed by atoms with Crippen LogP contribution in [-0.2, 0) is 16.1 Å². The maximum absolute atomic E-state index is 12.3. The molecule has 3 rings (SSSR count). The quantitative estimate of drug-likeness (QED) is 0.605. The minimum atomic E-state index is -0.397. The number of hydrogen-bond donors (Lipinski definition) is 1. The Balaban J connectivity index is 1.68. The van der Waals surface area contributed by atoms with E-state index in [0.29, 0.717) is 24.5 Å². The SMILES string of the molecule is N#C/C(=C\c1ccccc1OCc1ccccc1)C(=O)NC[C@@H]1CCCO1. The molecule has 1 amide bonds. The summed E-state index contributed by atoms with van der Waals surface area (Å²) in [4.78, 5) is 12.3. The normalized spacial score (nSPS) is 16.6. The number of carbonyl (C=O) groups is 1. The van der Waals surface area contributed by atoms with E-state index in [1.807, 2.05) is 60.7 Å². The molecule has 1 saturated heterocycles. The Bertz CT molecular complexity index is 834. The topological polar surface area (TPSA) is 71.3 Å². The highest BCUT2D eigenvalue weighted by atomic mass is 16.5. The molecule has 1 atom stereocenters. The van der Waals surface area contributed by atoms with Crippen LogP contribution in [0.1, 0.15) is 24.0 Å². The monoisotopic (exact) mass is 362 g/mol. The maximum Gasteiger partial charge on any atom is 0.262 e. The summed E-state index contributed by atoms with van der Waals surface area (Å²) in [6, 6.07) is 19.2. The van der Waals surface area contributed by atoms with Crippen LogP contribution < -0.4 is 10.1 Å². The number of benzene rings is 2. The fraction of sp³-hybridized carbons (Fsp3) is 0.273. The third-order valence-electron chi connectivity index (χ3n) is 4.34. The van der Waals surface area contributed by atoms with Gasteiger partial charge in [0.15, 0.2) is 0 Å². The lowest BCUT2D eigenvalue weighted by Gasteiger charge is -2.11. The van der Waals surface area contributed by atoms with Crippen molar-refractivity contribution in [2.45, 2.75) is 25.6 Å². The summed E-state index contributed by atoms with van der Waals surface area (Å²) in [6.07, 6.45) is 3.54. The lowest BCUT2D eigenvalue weighted by Crippen LogP contribution is -2.32. The van der Waals surface area contributed by atoms with Crippen molar-refractivity contribution in [3.05, 3.63) is 71.3 Å². The predicted octanol–water partition coefficient (Wildman–Crippen LogP) is 3.47. The molecule has 0 spiro atoms. The molecule has 2 aromatic carbocycles. The fourth-order valence-electron chi connectivity index (χ4n) is 2.88. The average molecular weight is 362 g/mol. The Morgan fingerprint density at radius 3 is 2.74 bits per heavy atom. The predicted molar refractivity (Wildman–Crippen MR) is 103 cm³/mol. The molecule has 138 valence electrons. The summed E-state index contributed by atoms with van der Waals surface area (Å²) >= 11 is 0. The van der Waals surface area contributed by atoms with Crippen molar-refractivity contribution >= 4 is 12.0 Å². The second-order valence-corrected chi connectivity index (χ2v) is 6.33. The van der Waals surface area contributed by atoms with Gasteiger partial charge in [0.1, 0.15) is 24.0 Å². The van der Waals surface area contributed by atoms with Crippen molar-refractivity contribution in [2.75, 3.05) is 13.2 Å². The van der Waals surface area contributed by atoms with E-state index in [2.05, 4.69) is 5.32 Å². The zero-order chi connectivity index (χ0) is 18.9. The highest BCUT2D eigenvalue weighted by molar-refractivity contribution is 6.02. The summed E-state index contributed by atoms with van der Waals surface area (Å²) in [5.41, 5.74) is 1.78. The summed E-state index contributed by atoms with van der Waals surface area (Å²) in [7, 11) is 0. The number of amides is 1. The second kappa shape index (κ2) is 9.56. The molecule has 5 heteroatoms. The molecule has 1 N–H and O–H groups in total.